The Labute approximate surface area is 91.5 Å². The highest BCUT2D eigenvalue weighted by Gasteiger charge is 2.08. The third kappa shape index (κ3) is 2.79. The number of rotatable bonds is 4. The SMILES string of the molecule is COc1cc(C=O)ccc1OC(Cl)Cl. The molecule has 0 unspecified atom stereocenters. The molecular formula is C9H8Cl2O3. The van der Waals surface area contributed by atoms with Crippen LogP contribution < -0.4 is 9.47 Å². The lowest BCUT2D eigenvalue weighted by Crippen LogP contribution is -2.01. The number of methoxy groups -OCH3 is 1. The average molecular weight is 235 g/mol. The molecule has 5 heteroatoms. The Kier molecular flexibility index (Phi) is 4.04. The zero-order valence-corrected chi connectivity index (χ0v) is 8.88. The Morgan fingerprint density at radius 3 is 2.57 bits per heavy atom. The van der Waals surface area contributed by atoms with E-state index < -0.39 is 5.02 Å². The van der Waals surface area contributed by atoms with Crippen molar-refractivity contribution in [1.82, 2.24) is 0 Å². The molecule has 14 heavy (non-hydrogen) atoms. The fourth-order valence-corrected chi connectivity index (χ4v) is 1.14. The normalized spacial score (nSPS) is 10.0. The molecule has 0 saturated carbocycles. The van der Waals surface area contributed by atoms with Gasteiger partial charge in [-0.3, -0.25) is 4.79 Å². The Morgan fingerprint density at radius 1 is 1.36 bits per heavy atom. The van der Waals surface area contributed by atoms with Crippen LogP contribution in [0.5, 0.6) is 11.5 Å². The highest BCUT2D eigenvalue weighted by Crippen LogP contribution is 2.29. The molecule has 0 aliphatic carbocycles. The van der Waals surface area contributed by atoms with E-state index in [-0.39, 0.29) is 0 Å². The molecule has 0 fully saturated rings. The van der Waals surface area contributed by atoms with Gasteiger partial charge in [-0.2, -0.15) is 0 Å². The third-order valence-corrected chi connectivity index (χ3v) is 1.72. The molecule has 0 bridgehead atoms. The van der Waals surface area contributed by atoms with Crippen LogP contribution in [0.1, 0.15) is 10.4 Å². The Hall–Kier alpha value is -0.930. The van der Waals surface area contributed by atoms with Crippen molar-refractivity contribution in [3.63, 3.8) is 0 Å². The molecule has 0 aliphatic rings. The maximum atomic E-state index is 10.5. The summed E-state index contributed by atoms with van der Waals surface area (Å²) in [7, 11) is 1.47. The maximum absolute atomic E-state index is 10.5. The number of alkyl halides is 2. The fourth-order valence-electron chi connectivity index (χ4n) is 0.951. The van der Waals surface area contributed by atoms with Crippen LogP contribution in [0, 0.1) is 0 Å². The summed E-state index contributed by atoms with van der Waals surface area (Å²) in [5.41, 5.74) is 0.495. The van der Waals surface area contributed by atoms with Gasteiger partial charge in [0.2, 0.25) is 5.02 Å². The summed E-state index contributed by atoms with van der Waals surface area (Å²) in [6, 6.07) is 4.69. The van der Waals surface area contributed by atoms with Crippen LogP contribution in [0.25, 0.3) is 0 Å². The molecule has 1 aromatic rings. The second-order valence-electron chi connectivity index (χ2n) is 2.41. The van der Waals surface area contributed by atoms with E-state index in [1.165, 1.54) is 7.11 Å². The van der Waals surface area contributed by atoms with Gasteiger partial charge in [-0.05, 0) is 18.2 Å². The summed E-state index contributed by atoms with van der Waals surface area (Å²) < 4.78 is 10.0. The maximum Gasteiger partial charge on any atom is 0.248 e. The lowest BCUT2D eigenvalue weighted by molar-refractivity contribution is 0.112. The van der Waals surface area contributed by atoms with Crippen molar-refractivity contribution in [3.05, 3.63) is 23.8 Å². The molecule has 0 radical (unpaired) electrons. The van der Waals surface area contributed by atoms with Gasteiger partial charge < -0.3 is 9.47 Å². The molecule has 1 rings (SSSR count). The van der Waals surface area contributed by atoms with Crippen molar-refractivity contribution >= 4 is 29.5 Å². The average Bonchev–Trinajstić information content (AvgIpc) is 2.17. The summed E-state index contributed by atoms with van der Waals surface area (Å²) in [6.07, 6.45) is 0.713. The lowest BCUT2D eigenvalue weighted by atomic mass is 10.2. The van der Waals surface area contributed by atoms with E-state index >= 15 is 0 Å². The number of hydrogen-bond donors (Lipinski definition) is 0. The monoisotopic (exact) mass is 234 g/mol. The smallest absolute Gasteiger partial charge is 0.248 e. The molecule has 0 spiro atoms. The van der Waals surface area contributed by atoms with Crippen LogP contribution in [0.15, 0.2) is 18.2 Å². The number of aldehydes is 1. The van der Waals surface area contributed by atoms with Gasteiger partial charge in [0.05, 0.1) is 7.11 Å². The van der Waals surface area contributed by atoms with Crippen molar-refractivity contribution in [2.45, 2.75) is 5.02 Å². The Bertz CT molecular complexity index is 326. The molecule has 3 nitrogen and oxygen atoms in total. The van der Waals surface area contributed by atoms with Crippen LogP contribution in [0.2, 0.25) is 0 Å². The topological polar surface area (TPSA) is 35.5 Å². The first-order valence-corrected chi connectivity index (χ1v) is 4.62. The summed E-state index contributed by atoms with van der Waals surface area (Å²) >= 11 is 10.9. The molecule has 0 aliphatic heterocycles. The van der Waals surface area contributed by atoms with Crippen molar-refractivity contribution < 1.29 is 14.3 Å². The van der Waals surface area contributed by atoms with Crippen molar-refractivity contribution in [1.29, 1.82) is 0 Å². The molecule has 0 N–H and O–H groups in total. The van der Waals surface area contributed by atoms with Crippen LogP contribution in [-0.4, -0.2) is 18.4 Å². The third-order valence-electron chi connectivity index (χ3n) is 1.54. The quantitative estimate of drug-likeness (QED) is 0.594. The van der Waals surface area contributed by atoms with E-state index in [1.807, 2.05) is 0 Å². The van der Waals surface area contributed by atoms with Crippen LogP contribution in [0.4, 0.5) is 0 Å². The second-order valence-corrected chi connectivity index (χ2v) is 3.42. The van der Waals surface area contributed by atoms with E-state index in [9.17, 15) is 4.79 Å². The standard InChI is InChI=1S/C9H8Cl2O3/c1-13-8-4-6(5-12)2-3-7(8)14-9(10)11/h2-5,9H,1H3. The van der Waals surface area contributed by atoms with Crippen molar-refractivity contribution in [3.8, 4) is 11.5 Å². The second kappa shape index (κ2) is 5.08. The van der Waals surface area contributed by atoms with E-state index in [4.69, 9.17) is 32.7 Å². The van der Waals surface area contributed by atoms with Gasteiger partial charge >= 0.3 is 0 Å². The summed E-state index contributed by atoms with van der Waals surface area (Å²) in [4.78, 5) is 10.5. The summed E-state index contributed by atoms with van der Waals surface area (Å²) in [5.74, 6) is 0.814. The van der Waals surface area contributed by atoms with Gasteiger partial charge in [-0.25, -0.2) is 0 Å². The molecule has 1 aromatic carbocycles. The van der Waals surface area contributed by atoms with Crippen LogP contribution in [0.3, 0.4) is 0 Å². The van der Waals surface area contributed by atoms with Gasteiger partial charge in [0.1, 0.15) is 6.29 Å². The van der Waals surface area contributed by atoms with E-state index in [0.717, 1.165) is 0 Å². The minimum atomic E-state index is -0.967. The van der Waals surface area contributed by atoms with Gasteiger partial charge in [0, 0.05) is 5.56 Å². The zero-order chi connectivity index (χ0) is 10.6. The summed E-state index contributed by atoms with van der Waals surface area (Å²) in [5, 5.41) is -0.967. The number of ether oxygens (including phenoxy) is 2. The summed E-state index contributed by atoms with van der Waals surface area (Å²) in [6.45, 7) is 0. The molecule has 0 saturated heterocycles. The number of benzene rings is 1. The molecule has 76 valence electrons. The first kappa shape index (κ1) is 11.1. The van der Waals surface area contributed by atoms with Crippen molar-refractivity contribution in [2.75, 3.05) is 7.11 Å². The highest BCUT2D eigenvalue weighted by molar-refractivity contribution is 6.43. The number of halogens is 2. The number of carbonyl (C=O) groups excluding carboxylic acids is 1. The van der Waals surface area contributed by atoms with Gasteiger partial charge in [-0.1, -0.05) is 23.2 Å². The lowest BCUT2D eigenvalue weighted by Gasteiger charge is -2.10. The molecule has 0 atom stereocenters. The Morgan fingerprint density at radius 2 is 2.07 bits per heavy atom. The highest BCUT2D eigenvalue weighted by atomic mass is 35.5. The molecular weight excluding hydrogens is 227 g/mol. The van der Waals surface area contributed by atoms with Crippen LogP contribution >= 0.6 is 23.2 Å². The number of carbonyl (C=O) groups is 1. The number of hydrogen-bond acceptors (Lipinski definition) is 3. The van der Waals surface area contributed by atoms with Crippen LogP contribution in [-0.2, 0) is 0 Å². The van der Waals surface area contributed by atoms with Crippen molar-refractivity contribution in [2.24, 2.45) is 0 Å². The molecule has 0 heterocycles. The minimum Gasteiger partial charge on any atom is -0.493 e. The molecule has 0 amide bonds. The predicted molar refractivity (Wildman–Crippen MR) is 54.5 cm³/mol. The molecule has 0 aromatic heterocycles. The zero-order valence-electron chi connectivity index (χ0n) is 7.37. The first-order valence-electron chi connectivity index (χ1n) is 3.75. The van der Waals surface area contributed by atoms with Gasteiger partial charge in [-0.15, -0.1) is 0 Å². The first-order chi connectivity index (χ1) is 6.67. The fraction of sp³-hybridized carbons (Fsp3) is 0.222. The van der Waals surface area contributed by atoms with E-state index in [0.29, 0.717) is 23.3 Å². The largest absolute Gasteiger partial charge is 0.493 e. The predicted octanol–water partition coefficient (Wildman–Crippen LogP) is 2.65. The van der Waals surface area contributed by atoms with E-state index in [2.05, 4.69) is 0 Å². The van der Waals surface area contributed by atoms with Gasteiger partial charge in [0.25, 0.3) is 0 Å². The Balaban J connectivity index is 2.98. The van der Waals surface area contributed by atoms with Gasteiger partial charge in [0.15, 0.2) is 11.5 Å². The minimum absolute atomic E-state index is 0.396. The van der Waals surface area contributed by atoms with E-state index in [1.54, 1.807) is 18.2 Å².